The summed E-state index contributed by atoms with van der Waals surface area (Å²) in [5, 5.41) is 0.435. The van der Waals surface area contributed by atoms with Crippen LogP contribution in [0.5, 0.6) is 0 Å². The zero-order chi connectivity index (χ0) is 27.1. The van der Waals surface area contributed by atoms with Crippen LogP contribution in [0.4, 0.5) is 5.13 Å². The van der Waals surface area contributed by atoms with Crippen molar-refractivity contribution in [3.05, 3.63) is 48.0 Å². The fourth-order valence-electron chi connectivity index (χ4n) is 4.92. The number of ether oxygens (including phenoxy) is 1. The van der Waals surface area contributed by atoms with E-state index in [1.165, 1.54) is 33.8 Å². The fraction of sp³-hybridized carbons (Fsp3) is 0.462. The predicted molar refractivity (Wildman–Crippen MR) is 147 cm³/mol. The maximum absolute atomic E-state index is 13.7. The summed E-state index contributed by atoms with van der Waals surface area (Å²) in [6.07, 6.45) is 4.59. The molecule has 5 rings (SSSR count). The van der Waals surface area contributed by atoms with Gasteiger partial charge in [0.15, 0.2) is 15.0 Å². The van der Waals surface area contributed by atoms with Gasteiger partial charge in [-0.15, -0.1) is 0 Å². The molecule has 12 heteroatoms. The molecule has 2 aliphatic rings. The summed E-state index contributed by atoms with van der Waals surface area (Å²) < 4.78 is 58.3. The number of hydrogen-bond acceptors (Lipinski definition) is 8. The molecule has 0 aliphatic carbocycles. The number of rotatable bonds is 7. The lowest BCUT2D eigenvalue weighted by Gasteiger charge is -2.30. The second-order valence-electron chi connectivity index (χ2n) is 10.1. The van der Waals surface area contributed by atoms with Crippen LogP contribution in [0, 0.1) is 5.92 Å². The van der Waals surface area contributed by atoms with Gasteiger partial charge < -0.3 is 4.74 Å². The number of benzene rings is 2. The van der Waals surface area contributed by atoms with Crippen LogP contribution in [0.25, 0.3) is 10.2 Å². The van der Waals surface area contributed by atoms with Gasteiger partial charge in [0.1, 0.15) is 0 Å². The molecule has 2 aromatic carbocycles. The van der Waals surface area contributed by atoms with Crippen molar-refractivity contribution in [3.63, 3.8) is 0 Å². The number of fused-ring (bicyclic) bond motifs is 1. The van der Waals surface area contributed by atoms with Crippen molar-refractivity contribution >= 4 is 52.5 Å². The van der Waals surface area contributed by atoms with Gasteiger partial charge >= 0.3 is 0 Å². The summed E-state index contributed by atoms with van der Waals surface area (Å²) in [4.78, 5) is 20.3. The predicted octanol–water partition coefficient (Wildman–Crippen LogP) is 3.95. The normalized spacial score (nSPS) is 21.1. The maximum atomic E-state index is 13.7. The molecular weight excluding hydrogens is 547 g/mol. The molecule has 38 heavy (non-hydrogen) atoms. The number of aromatic nitrogens is 1. The number of sulfonamides is 1. The molecule has 2 fully saturated rings. The van der Waals surface area contributed by atoms with Crippen molar-refractivity contribution < 1.29 is 26.4 Å². The van der Waals surface area contributed by atoms with Crippen LogP contribution in [0.1, 0.15) is 43.0 Å². The molecular formula is C26H31N3O6S3. The third-order valence-electron chi connectivity index (χ3n) is 7.02. The van der Waals surface area contributed by atoms with Gasteiger partial charge in [0.05, 0.1) is 32.7 Å². The molecule has 1 amide bonds. The standard InChI is InChI=1S/C26H31N3O6S3/c1-18-5-3-13-28(16-18)38(33,34)21-9-7-19(8-10-21)25(30)29(17-20-6-4-14-35-20)26-27-23-12-11-22(37(2,31)32)15-24(23)36-26/h7-12,15,18,20H,3-6,13-14,16-17H2,1-2H3. The van der Waals surface area contributed by atoms with Gasteiger partial charge in [-0.1, -0.05) is 18.3 Å². The Morgan fingerprint density at radius 2 is 1.82 bits per heavy atom. The first-order chi connectivity index (χ1) is 18.0. The van der Waals surface area contributed by atoms with Crippen LogP contribution in [0.15, 0.2) is 52.3 Å². The minimum absolute atomic E-state index is 0.140. The van der Waals surface area contributed by atoms with E-state index in [1.54, 1.807) is 29.2 Å². The number of carbonyl (C=O) groups excluding carboxylic acids is 1. The van der Waals surface area contributed by atoms with E-state index >= 15 is 0 Å². The minimum Gasteiger partial charge on any atom is -0.376 e. The van der Waals surface area contributed by atoms with Crippen LogP contribution in [0.3, 0.4) is 0 Å². The van der Waals surface area contributed by atoms with Gasteiger partial charge in [0.25, 0.3) is 5.91 Å². The highest BCUT2D eigenvalue weighted by Gasteiger charge is 2.30. The molecule has 204 valence electrons. The number of piperidine rings is 1. The Labute approximate surface area is 227 Å². The first kappa shape index (κ1) is 27.2. The van der Waals surface area contributed by atoms with Crippen molar-refractivity contribution in [1.29, 1.82) is 0 Å². The summed E-state index contributed by atoms with van der Waals surface area (Å²) in [7, 11) is -7.02. The van der Waals surface area contributed by atoms with Crippen LogP contribution in [-0.4, -0.2) is 70.6 Å². The molecule has 0 saturated carbocycles. The molecule has 0 spiro atoms. The lowest BCUT2D eigenvalue weighted by molar-refractivity contribution is 0.0917. The molecule has 1 aromatic heterocycles. The Hall–Kier alpha value is -2.38. The number of sulfone groups is 1. The number of thiazole rings is 1. The molecule has 0 radical (unpaired) electrons. The smallest absolute Gasteiger partial charge is 0.260 e. The number of anilines is 1. The summed E-state index contributed by atoms with van der Waals surface area (Å²) in [5.41, 5.74) is 0.935. The Morgan fingerprint density at radius 1 is 1.08 bits per heavy atom. The minimum atomic E-state index is -3.63. The topological polar surface area (TPSA) is 114 Å². The van der Waals surface area contributed by atoms with Gasteiger partial charge in [-0.25, -0.2) is 21.8 Å². The van der Waals surface area contributed by atoms with Gasteiger partial charge in [-0.3, -0.25) is 9.69 Å². The van der Waals surface area contributed by atoms with E-state index in [1.807, 2.05) is 0 Å². The third-order valence-corrected chi connectivity index (χ3v) is 11.1. The van der Waals surface area contributed by atoms with E-state index in [0.717, 1.165) is 31.9 Å². The highest BCUT2D eigenvalue weighted by molar-refractivity contribution is 7.90. The Kier molecular flexibility index (Phi) is 7.62. The highest BCUT2D eigenvalue weighted by atomic mass is 32.2. The largest absolute Gasteiger partial charge is 0.376 e. The van der Waals surface area contributed by atoms with E-state index < -0.39 is 19.9 Å². The maximum Gasteiger partial charge on any atom is 0.260 e. The molecule has 2 atom stereocenters. The summed E-state index contributed by atoms with van der Waals surface area (Å²) >= 11 is 1.24. The summed E-state index contributed by atoms with van der Waals surface area (Å²) in [6, 6.07) is 10.8. The number of carbonyl (C=O) groups is 1. The van der Waals surface area contributed by atoms with Gasteiger partial charge in [0, 0.05) is 31.5 Å². The van der Waals surface area contributed by atoms with E-state index in [2.05, 4.69) is 11.9 Å². The van der Waals surface area contributed by atoms with Gasteiger partial charge in [-0.05, 0) is 74.1 Å². The fourth-order valence-corrected chi connectivity index (χ4v) is 8.25. The zero-order valence-electron chi connectivity index (χ0n) is 21.4. The molecule has 0 bridgehead atoms. The van der Waals surface area contributed by atoms with Gasteiger partial charge in [-0.2, -0.15) is 4.31 Å². The Bertz CT molecular complexity index is 1540. The van der Waals surface area contributed by atoms with Crippen LogP contribution in [-0.2, 0) is 24.6 Å². The van der Waals surface area contributed by atoms with Crippen LogP contribution < -0.4 is 4.90 Å². The quantitative estimate of drug-likeness (QED) is 0.418. The van der Waals surface area contributed by atoms with Gasteiger partial charge in [0.2, 0.25) is 10.0 Å². The number of amides is 1. The first-order valence-electron chi connectivity index (χ1n) is 12.7. The van der Waals surface area contributed by atoms with Crippen molar-refractivity contribution in [3.8, 4) is 0 Å². The second kappa shape index (κ2) is 10.6. The van der Waals surface area contributed by atoms with Crippen molar-refractivity contribution in [2.75, 3.05) is 37.4 Å². The molecule has 0 N–H and O–H groups in total. The molecule has 2 aliphatic heterocycles. The zero-order valence-corrected chi connectivity index (χ0v) is 23.8. The number of nitrogens with zero attached hydrogens (tertiary/aromatic N) is 3. The van der Waals surface area contributed by atoms with E-state index in [0.29, 0.717) is 53.1 Å². The summed E-state index contributed by atoms with van der Waals surface area (Å²) in [6.45, 7) is 3.98. The third kappa shape index (κ3) is 5.64. The molecule has 2 unspecified atom stereocenters. The van der Waals surface area contributed by atoms with Crippen LogP contribution >= 0.6 is 11.3 Å². The Morgan fingerprint density at radius 3 is 2.47 bits per heavy atom. The molecule has 3 heterocycles. The lowest BCUT2D eigenvalue weighted by atomic mass is 10.0. The average molecular weight is 578 g/mol. The van der Waals surface area contributed by atoms with E-state index in [9.17, 15) is 21.6 Å². The SMILES string of the molecule is CC1CCCN(S(=O)(=O)c2ccc(C(=O)N(CC3CCCO3)c3nc4ccc(S(C)(=O)=O)cc4s3)cc2)C1. The monoisotopic (exact) mass is 577 g/mol. The highest BCUT2D eigenvalue weighted by Crippen LogP contribution is 2.33. The van der Waals surface area contributed by atoms with E-state index in [4.69, 9.17) is 4.74 Å². The van der Waals surface area contributed by atoms with E-state index in [-0.39, 0.29) is 21.8 Å². The average Bonchev–Trinajstić information content (AvgIpc) is 3.55. The number of hydrogen-bond donors (Lipinski definition) is 0. The molecule has 2 saturated heterocycles. The first-order valence-corrected chi connectivity index (χ1v) is 16.8. The summed E-state index contributed by atoms with van der Waals surface area (Å²) in [5.74, 6) is -0.00787. The van der Waals surface area contributed by atoms with Crippen molar-refractivity contribution in [1.82, 2.24) is 9.29 Å². The second-order valence-corrected chi connectivity index (χ2v) is 15.0. The van der Waals surface area contributed by atoms with Crippen LogP contribution in [0.2, 0.25) is 0 Å². The Balaban J connectivity index is 1.44. The van der Waals surface area contributed by atoms with Crippen molar-refractivity contribution in [2.45, 2.75) is 48.5 Å². The molecule has 9 nitrogen and oxygen atoms in total. The molecule has 3 aromatic rings. The lowest BCUT2D eigenvalue weighted by Crippen LogP contribution is -2.39. The van der Waals surface area contributed by atoms with Crippen molar-refractivity contribution in [2.24, 2.45) is 5.92 Å².